The average Bonchev–Trinajstić information content (AvgIpc) is 2.42. The van der Waals surface area contributed by atoms with Crippen molar-refractivity contribution in [3.05, 3.63) is 22.2 Å². The molecular formula is C12H11ClN6O2. The fourth-order valence-electron chi connectivity index (χ4n) is 1.64. The van der Waals surface area contributed by atoms with E-state index in [2.05, 4.69) is 25.3 Å². The van der Waals surface area contributed by atoms with Crippen molar-refractivity contribution in [2.24, 2.45) is 9.98 Å². The highest BCUT2D eigenvalue weighted by molar-refractivity contribution is 6.34. The van der Waals surface area contributed by atoms with E-state index in [9.17, 15) is 14.9 Å². The number of aryl methyl sites for hydroxylation is 1. The van der Waals surface area contributed by atoms with Crippen molar-refractivity contribution in [3.8, 4) is 6.07 Å². The maximum absolute atomic E-state index is 12.3. The Hall–Kier alpha value is -2.53. The number of nitriles is 1. The SMILES string of the molecule is CC1=NC(Cl)C(C#N)(C(=O)Nc2ncc(C)[nH]c2=O)N=C1. The standard InChI is InChI=1S/C12H11ClN6O2/c1-6-3-15-8(9(20)17-6)19-11(21)12(5-14)10(13)18-7(2)4-16-12/h3-4,10H,1-2H3,(H,17,20)(H,15,19,21). The molecule has 1 aromatic rings. The van der Waals surface area contributed by atoms with E-state index < -0.39 is 22.5 Å². The van der Waals surface area contributed by atoms with E-state index in [4.69, 9.17) is 11.6 Å². The van der Waals surface area contributed by atoms with Gasteiger partial charge in [-0.05, 0) is 13.8 Å². The normalized spacial score (nSPS) is 24.1. The van der Waals surface area contributed by atoms with Crippen LogP contribution in [0, 0.1) is 18.3 Å². The Kier molecular flexibility index (Phi) is 3.86. The third-order valence-electron chi connectivity index (χ3n) is 2.78. The molecule has 108 valence electrons. The number of aliphatic imine (C=N–C) groups is 2. The van der Waals surface area contributed by atoms with Crippen LogP contribution in [-0.2, 0) is 4.79 Å². The summed E-state index contributed by atoms with van der Waals surface area (Å²) >= 11 is 5.97. The number of amides is 1. The highest BCUT2D eigenvalue weighted by Crippen LogP contribution is 2.26. The van der Waals surface area contributed by atoms with Gasteiger partial charge in [-0.1, -0.05) is 11.6 Å². The first-order valence-electron chi connectivity index (χ1n) is 5.91. The third kappa shape index (κ3) is 2.68. The molecule has 2 unspecified atom stereocenters. The zero-order valence-corrected chi connectivity index (χ0v) is 12.0. The first-order valence-corrected chi connectivity index (χ1v) is 6.35. The van der Waals surface area contributed by atoms with Gasteiger partial charge in [0, 0.05) is 18.1 Å². The van der Waals surface area contributed by atoms with Gasteiger partial charge in [-0.2, -0.15) is 5.26 Å². The second-order valence-corrected chi connectivity index (χ2v) is 4.85. The van der Waals surface area contributed by atoms with E-state index in [1.54, 1.807) is 19.9 Å². The second-order valence-electron chi connectivity index (χ2n) is 4.44. The summed E-state index contributed by atoms with van der Waals surface area (Å²) in [5.74, 6) is -1.09. The number of hydrogen-bond acceptors (Lipinski definition) is 6. The van der Waals surface area contributed by atoms with Gasteiger partial charge < -0.3 is 10.3 Å². The summed E-state index contributed by atoms with van der Waals surface area (Å²) in [4.78, 5) is 38.1. The zero-order chi connectivity index (χ0) is 15.6. The van der Waals surface area contributed by atoms with Crippen LogP contribution in [0.25, 0.3) is 0 Å². The molecule has 0 spiro atoms. The van der Waals surface area contributed by atoms with Crippen molar-refractivity contribution in [1.82, 2.24) is 9.97 Å². The van der Waals surface area contributed by atoms with Crippen LogP contribution in [0.2, 0.25) is 0 Å². The van der Waals surface area contributed by atoms with Gasteiger partial charge in [-0.15, -0.1) is 0 Å². The van der Waals surface area contributed by atoms with Crippen LogP contribution in [0.15, 0.2) is 21.0 Å². The zero-order valence-electron chi connectivity index (χ0n) is 11.2. The summed E-state index contributed by atoms with van der Waals surface area (Å²) in [5, 5.41) is 11.5. The average molecular weight is 307 g/mol. The highest BCUT2D eigenvalue weighted by Gasteiger charge is 2.47. The largest absolute Gasteiger partial charge is 0.322 e. The van der Waals surface area contributed by atoms with E-state index in [1.165, 1.54) is 12.4 Å². The number of carbonyl (C=O) groups excluding carboxylic acids is 1. The van der Waals surface area contributed by atoms with Gasteiger partial charge in [0.05, 0.1) is 5.71 Å². The van der Waals surface area contributed by atoms with Gasteiger partial charge in [0.1, 0.15) is 6.07 Å². The number of anilines is 1. The predicted octanol–water partition coefficient (Wildman–Crippen LogP) is 0.389. The molecule has 1 aliphatic rings. The van der Waals surface area contributed by atoms with Crippen LogP contribution in [0.5, 0.6) is 0 Å². The molecule has 2 rings (SSSR count). The lowest BCUT2D eigenvalue weighted by Gasteiger charge is -2.25. The van der Waals surface area contributed by atoms with Crippen molar-refractivity contribution in [1.29, 1.82) is 5.26 Å². The maximum atomic E-state index is 12.3. The van der Waals surface area contributed by atoms with Crippen molar-refractivity contribution in [3.63, 3.8) is 0 Å². The number of nitrogens with zero attached hydrogens (tertiary/aromatic N) is 4. The molecule has 1 amide bonds. The quantitative estimate of drug-likeness (QED) is 0.606. The summed E-state index contributed by atoms with van der Waals surface area (Å²) < 4.78 is 0. The second kappa shape index (κ2) is 5.46. The van der Waals surface area contributed by atoms with E-state index in [1.807, 2.05) is 0 Å². The molecule has 0 radical (unpaired) electrons. The maximum Gasteiger partial charge on any atom is 0.291 e. The molecule has 0 saturated carbocycles. The molecular weight excluding hydrogens is 296 g/mol. The van der Waals surface area contributed by atoms with Gasteiger partial charge in [0.15, 0.2) is 11.3 Å². The number of nitrogens with one attached hydrogen (secondary N) is 2. The summed E-state index contributed by atoms with van der Waals surface area (Å²) in [6.45, 7) is 3.29. The summed E-state index contributed by atoms with van der Waals surface area (Å²) in [6.07, 6.45) is 2.66. The molecule has 21 heavy (non-hydrogen) atoms. The topological polar surface area (TPSA) is 123 Å². The lowest BCUT2D eigenvalue weighted by atomic mass is 9.99. The van der Waals surface area contributed by atoms with Gasteiger partial charge in [-0.25, -0.2) is 4.98 Å². The van der Waals surface area contributed by atoms with Crippen molar-refractivity contribution >= 4 is 35.3 Å². The lowest BCUT2D eigenvalue weighted by molar-refractivity contribution is -0.119. The fraction of sp³-hybridized carbons (Fsp3) is 0.333. The fourth-order valence-corrected chi connectivity index (χ4v) is 2.00. The van der Waals surface area contributed by atoms with Crippen molar-refractivity contribution < 1.29 is 4.79 Å². The number of hydrogen-bond donors (Lipinski definition) is 2. The number of rotatable bonds is 2. The molecule has 0 aromatic carbocycles. The molecule has 0 bridgehead atoms. The molecule has 0 saturated heterocycles. The molecule has 2 atom stereocenters. The van der Waals surface area contributed by atoms with E-state index in [0.717, 1.165) is 0 Å². The van der Waals surface area contributed by atoms with E-state index in [-0.39, 0.29) is 5.82 Å². The van der Waals surface area contributed by atoms with Crippen LogP contribution < -0.4 is 10.9 Å². The Balaban J connectivity index is 2.33. The van der Waals surface area contributed by atoms with Gasteiger partial charge >= 0.3 is 0 Å². The smallest absolute Gasteiger partial charge is 0.291 e. The van der Waals surface area contributed by atoms with E-state index >= 15 is 0 Å². The Labute approximate surface area is 124 Å². The number of alkyl halides is 1. The molecule has 2 N–H and O–H groups in total. The van der Waals surface area contributed by atoms with Crippen LogP contribution in [0.1, 0.15) is 12.6 Å². The Morgan fingerprint density at radius 3 is 2.86 bits per heavy atom. The Morgan fingerprint density at radius 1 is 1.57 bits per heavy atom. The Bertz CT molecular complexity index is 747. The molecule has 0 aliphatic carbocycles. The summed E-state index contributed by atoms with van der Waals surface area (Å²) in [5.41, 5.74) is -2.65. The molecule has 1 aromatic heterocycles. The van der Waals surface area contributed by atoms with Gasteiger partial charge in [-0.3, -0.25) is 19.6 Å². The van der Waals surface area contributed by atoms with E-state index in [0.29, 0.717) is 11.4 Å². The minimum absolute atomic E-state index is 0.231. The first-order chi connectivity index (χ1) is 9.89. The highest BCUT2D eigenvalue weighted by atomic mass is 35.5. The molecule has 9 heteroatoms. The monoisotopic (exact) mass is 306 g/mol. The third-order valence-corrected chi connectivity index (χ3v) is 3.19. The summed E-state index contributed by atoms with van der Waals surface area (Å²) in [6, 6.07) is 1.75. The van der Waals surface area contributed by atoms with Crippen LogP contribution >= 0.6 is 11.6 Å². The number of halogens is 1. The first kappa shape index (κ1) is 14.9. The molecule has 2 heterocycles. The summed E-state index contributed by atoms with van der Waals surface area (Å²) in [7, 11) is 0. The van der Waals surface area contributed by atoms with Crippen LogP contribution in [0.3, 0.4) is 0 Å². The number of aromatic amines is 1. The minimum atomic E-state index is -1.93. The molecule has 0 fully saturated rings. The molecule has 8 nitrogen and oxygen atoms in total. The number of H-pyrrole nitrogens is 1. The number of aromatic nitrogens is 2. The number of carbonyl (C=O) groups is 1. The van der Waals surface area contributed by atoms with Gasteiger partial charge in [0.2, 0.25) is 0 Å². The van der Waals surface area contributed by atoms with Crippen LogP contribution in [-0.4, -0.2) is 38.8 Å². The van der Waals surface area contributed by atoms with Gasteiger partial charge in [0.25, 0.3) is 17.0 Å². The predicted molar refractivity (Wildman–Crippen MR) is 77.8 cm³/mol. The lowest BCUT2D eigenvalue weighted by Crippen LogP contribution is -2.49. The van der Waals surface area contributed by atoms with Crippen LogP contribution in [0.4, 0.5) is 5.82 Å². The minimum Gasteiger partial charge on any atom is -0.322 e. The molecule has 1 aliphatic heterocycles. The van der Waals surface area contributed by atoms with Crippen molar-refractivity contribution in [2.75, 3.05) is 5.32 Å². The van der Waals surface area contributed by atoms with Crippen molar-refractivity contribution in [2.45, 2.75) is 24.9 Å². The Morgan fingerprint density at radius 2 is 2.29 bits per heavy atom.